The summed E-state index contributed by atoms with van der Waals surface area (Å²) in [5.41, 5.74) is 0. The molecular formula is C20H26FN3O3S2. The zero-order valence-corrected chi connectivity index (χ0v) is 18.2. The summed E-state index contributed by atoms with van der Waals surface area (Å²) in [5.74, 6) is -0.564. The first-order chi connectivity index (χ1) is 13.8. The Morgan fingerprint density at radius 1 is 1.14 bits per heavy atom. The molecule has 3 rings (SSSR count). The lowest BCUT2D eigenvalue weighted by Crippen LogP contribution is -2.51. The van der Waals surface area contributed by atoms with Crippen molar-refractivity contribution in [2.45, 2.75) is 24.8 Å². The summed E-state index contributed by atoms with van der Waals surface area (Å²) in [5, 5.41) is 5.08. The Morgan fingerprint density at radius 3 is 2.41 bits per heavy atom. The second-order valence-corrected chi connectivity index (χ2v) is 10.3. The van der Waals surface area contributed by atoms with Gasteiger partial charge in [0, 0.05) is 31.1 Å². The molecule has 1 saturated heterocycles. The molecule has 0 aliphatic carbocycles. The molecule has 0 radical (unpaired) electrons. The van der Waals surface area contributed by atoms with Crippen LogP contribution < -0.4 is 5.32 Å². The molecule has 1 N–H and O–H groups in total. The molecule has 0 spiro atoms. The molecule has 1 amide bonds. The van der Waals surface area contributed by atoms with Crippen LogP contribution in [0.15, 0.2) is 46.7 Å². The van der Waals surface area contributed by atoms with Gasteiger partial charge in [0.05, 0.1) is 12.6 Å². The van der Waals surface area contributed by atoms with Crippen molar-refractivity contribution in [3.63, 3.8) is 0 Å². The zero-order chi connectivity index (χ0) is 21.0. The second kappa shape index (κ2) is 9.34. The van der Waals surface area contributed by atoms with E-state index in [0.29, 0.717) is 13.1 Å². The molecule has 1 aromatic carbocycles. The van der Waals surface area contributed by atoms with E-state index in [1.54, 1.807) is 11.3 Å². The van der Waals surface area contributed by atoms with Crippen molar-refractivity contribution in [1.82, 2.24) is 14.5 Å². The number of sulfonamides is 1. The van der Waals surface area contributed by atoms with Gasteiger partial charge >= 0.3 is 0 Å². The third kappa shape index (κ3) is 5.22. The summed E-state index contributed by atoms with van der Waals surface area (Å²) in [7, 11) is -3.87. The van der Waals surface area contributed by atoms with Crippen molar-refractivity contribution in [1.29, 1.82) is 0 Å². The van der Waals surface area contributed by atoms with Crippen LogP contribution in [0.2, 0.25) is 0 Å². The van der Waals surface area contributed by atoms with Crippen LogP contribution in [0, 0.1) is 11.7 Å². The van der Waals surface area contributed by atoms with Gasteiger partial charge in [-0.1, -0.05) is 32.0 Å². The van der Waals surface area contributed by atoms with E-state index in [1.165, 1.54) is 22.5 Å². The Labute approximate surface area is 175 Å². The van der Waals surface area contributed by atoms with Crippen LogP contribution in [0.25, 0.3) is 0 Å². The van der Waals surface area contributed by atoms with Crippen molar-refractivity contribution in [3.8, 4) is 0 Å². The summed E-state index contributed by atoms with van der Waals surface area (Å²) in [4.78, 5) is 15.3. The minimum atomic E-state index is -3.87. The number of nitrogens with one attached hydrogen (secondary N) is 1. The molecule has 2 aromatic rings. The van der Waals surface area contributed by atoms with Crippen LogP contribution in [-0.4, -0.2) is 56.3 Å². The highest BCUT2D eigenvalue weighted by Crippen LogP contribution is 2.26. The number of thiophene rings is 1. The first-order valence-electron chi connectivity index (χ1n) is 9.59. The van der Waals surface area contributed by atoms with Crippen molar-refractivity contribution in [2.24, 2.45) is 5.92 Å². The minimum absolute atomic E-state index is 0.0368. The van der Waals surface area contributed by atoms with Crippen LogP contribution in [0.3, 0.4) is 0 Å². The van der Waals surface area contributed by atoms with Crippen LogP contribution >= 0.6 is 11.3 Å². The summed E-state index contributed by atoms with van der Waals surface area (Å²) in [6, 6.07) is 9.34. The van der Waals surface area contributed by atoms with Gasteiger partial charge in [-0.3, -0.25) is 9.69 Å². The number of halogens is 1. The topological polar surface area (TPSA) is 69.7 Å². The average molecular weight is 440 g/mol. The van der Waals surface area contributed by atoms with E-state index in [4.69, 9.17) is 0 Å². The highest BCUT2D eigenvalue weighted by Gasteiger charge is 2.31. The number of amides is 1. The molecule has 1 fully saturated rings. The Bertz CT molecular complexity index is 924. The maximum atomic E-state index is 13.9. The predicted octanol–water partition coefficient (Wildman–Crippen LogP) is 2.71. The number of hydrogen-bond donors (Lipinski definition) is 1. The standard InChI is InChI=1S/C20H26FN3O3S2/c1-15(2)20(17-7-5-13-28-17)22-19(25)14-23-9-11-24(12-10-23)29(26,27)18-8-4-3-6-16(18)21/h3-8,13,15,20H,9-12,14H2,1-2H3,(H,22,25). The third-order valence-corrected chi connectivity index (χ3v) is 7.87. The monoisotopic (exact) mass is 439 g/mol. The van der Waals surface area contributed by atoms with Crippen molar-refractivity contribution >= 4 is 27.3 Å². The third-order valence-electron chi connectivity index (χ3n) is 4.99. The summed E-state index contributed by atoms with van der Waals surface area (Å²) in [6.45, 7) is 5.64. The predicted molar refractivity (Wildman–Crippen MR) is 112 cm³/mol. The number of piperazine rings is 1. The zero-order valence-electron chi connectivity index (χ0n) is 16.5. The SMILES string of the molecule is CC(C)C(NC(=O)CN1CCN(S(=O)(=O)c2ccccc2F)CC1)c1cccs1. The van der Waals surface area contributed by atoms with E-state index in [-0.39, 0.29) is 42.4 Å². The van der Waals surface area contributed by atoms with Gasteiger partial charge in [-0.05, 0) is 29.5 Å². The van der Waals surface area contributed by atoms with Crippen molar-refractivity contribution in [2.75, 3.05) is 32.7 Å². The molecule has 0 saturated carbocycles. The highest BCUT2D eigenvalue weighted by molar-refractivity contribution is 7.89. The van der Waals surface area contributed by atoms with Gasteiger partial charge in [-0.25, -0.2) is 12.8 Å². The van der Waals surface area contributed by atoms with E-state index in [9.17, 15) is 17.6 Å². The largest absolute Gasteiger partial charge is 0.347 e. The van der Waals surface area contributed by atoms with Crippen LogP contribution in [0.1, 0.15) is 24.8 Å². The van der Waals surface area contributed by atoms with Gasteiger partial charge in [-0.15, -0.1) is 11.3 Å². The van der Waals surface area contributed by atoms with Gasteiger partial charge < -0.3 is 5.32 Å². The number of rotatable bonds is 7. The van der Waals surface area contributed by atoms with Crippen LogP contribution in [0.5, 0.6) is 0 Å². The first-order valence-corrected chi connectivity index (χ1v) is 11.9. The summed E-state index contributed by atoms with van der Waals surface area (Å²) < 4.78 is 40.6. The van der Waals surface area contributed by atoms with Gasteiger partial charge in [-0.2, -0.15) is 4.31 Å². The Morgan fingerprint density at radius 2 is 1.83 bits per heavy atom. The molecule has 1 aromatic heterocycles. The normalized spacial score (nSPS) is 17.4. The lowest BCUT2D eigenvalue weighted by Gasteiger charge is -2.34. The number of carbonyl (C=O) groups is 1. The molecule has 2 heterocycles. The fourth-order valence-corrected chi connectivity index (χ4v) is 5.81. The number of benzene rings is 1. The molecule has 158 valence electrons. The minimum Gasteiger partial charge on any atom is -0.347 e. The Kier molecular flexibility index (Phi) is 7.05. The lowest BCUT2D eigenvalue weighted by atomic mass is 10.0. The fourth-order valence-electron chi connectivity index (χ4n) is 3.38. The first kappa shape index (κ1) is 21.9. The highest BCUT2D eigenvalue weighted by atomic mass is 32.2. The molecular weight excluding hydrogens is 413 g/mol. The maximum Gasteiger partial charge on any atom is 0.246 e. The molecule has 1 aliphatic heterocycles. The number of carbonyl (C=O) groups excluding carboxylic acids is 1. The number of nitrogens with zero attached hydrogens (tertiary/aromatic N) is 2. The van der Waals surface area contributed by atoms with Crippen LogP contribution in [0.4, 0.5) is 4.39 Å². The van der Waals surface area contributed by atoms with Gasteiger partial charge in [0.2, 0.25) is 15.9 Å². The molecule has 1 atom stereocenters. The number of hydrogen-bond acceptors (Lipinski definition) is 5. The van der Waals surface area contributed by atoms with E-state index in [1.807, 2.05) is 22.4 Å². The van der Waals surface area contributed by atoms with E-state index < -0.39 is 15.8 Å². The Balaban J connectivity index is 1.56. The summed E-state index contributed by atoms with van der Waals surface area (Å²) >= 11 is 1.62. The molecule has 1 unspecified atom stereocenters. The molecule has 29 heavy (non-hydrogen) atoms. The summed E-state index contributed by atoms with van der Waals surface area (Å²) in [6.07, 6.45) is 0. The maximum absolute atomic E-state index is 13.9. The fraction of sp³-hybridized carbons (Fsp3) is 0.450. The molecule has 1 aliphatic rings. The van der Waals surface area contributed by atoms with Crippen molar-refractivity contribution < 1.29 is 17.6 Å². The van der Waals surface area contributed by atoms with Crippen molar-refractivity contribution in [3.05, 3.63) is 52.5 Å². The van der Waals surface area contributed by atoms with E-state index >= 15 is 0 Å². The van der Waals surface area contributed by atoms with Crippen LogP contribution in [-0.2, 0) is 14.8 Å². The molecule has 0 bridgehead atoms. The average Bonchev–Trinajstić information content (AvgIpc) is 3.21. The second-order valence-electron chi connectivity index (χ2n) is 7.42. The lowest BCUT2D eigenvalue weighted by molar-refractivity contribution is -0.123. The molecule has 6 nitrogen and oxygen atoms in total. The smallest absolute Gasteiger partial charge is 0.246 e. The quantitative estimate of drug-likeness (QED) is 0.720. The van der Waals surface area contributed by atoms with Gasteiger partial charge in [0.15, 0.2) is 0 Å². The molecule has 9 heteroatoms. The Hall–Kier alpha value is -1.81. The van der Waals surface area contributed by atoms with Gasteiger partial charge in [0.25, 0.3) is 0 Å². The van der Waals surface area contributed by atoms with E-state index in [2.05, 4.69) is 19.2 Å². The van der Waals surface area contributed by atoms with Gasteiger partial charge in [0.1, 0.15) is 10.7 Å². The van der Waals surface area contributed by atoms with E-state index in [0.717, 1.165) is 10.9 Å².